The van der Waals surface area contributed by atoms with E-state index >= 15 is 0 Å². The van der Waals surface area contributed by atoms with E-state index in [2.05, 4.69) is 29.7 Å². The van der Waals surface area contributed by atoms with Crippen LogP contribution in [0.3, 0.4) is 0 Å². The van der Waals surface area contributed by atoms with E-state index in [-0.39, 0.29) is 5.91 Å². The quantitative estimate of drug-likeness (QED) is 0.786. The molecule has 4 heterocycles. The van der Waals surface area contributed by atoms with Gasteiger partial charge < -0.3 is 9.88 Å². The third kappa shape index (κ3) is 3.15. The highest BCUT2D eigenvalue weighted by Crippen LogP contribution is 2.25. The molecule has 24 heavy (non-hydrogen) atoms. The number of fused-ring (bicyclic) bond motifs is 1. The summed E-state index contributed by atoms with van der Waals surface area (Å²) < 4.78 is 2.17. The summed E-state index contributed by atoms with van der Waals surface area (Å²) in [6.07, 6.45) is 7.36. The standard InChI is InChI=1S/C16H18N6OS/c23-14(20-16-18-6-9-24-16)10-21-7-3-12(4-8-21)22-11-19-13-2-1-5-17-15(13)22/h1-2,5-6,9,11-12H,3-4,7-8,10H2,(H,18,20,23). The molecule has 0 aromatic carbocycles. The predicted molar refractivity (Wildman–Crippen MR) is 93.0 cm³/mol. The first-order chi connectivity index (χ1) is 11.8. The van der Waals surface area contributed by atoms with Crippen molar-refractivity contribution in [3.8, 4) is 0 Å². The Kier molecular flexibility index (Phi) is 4.22. The molecular weight excluding hydrogens is 324 g/mol. The number of piperidine rings is 1. The van der Waals surface area contributed by atoms with Crippen molar-refractivity contribution in [1.29, 1.82) is 0 Å². The molecule has 0 spiro atoms. The molecule has 1 aliphatic heterocycles. The van der Waals surface area contributed by atoms with Gasteiger partial charge in [0.2, 0.25) is 5.91 Å². The van der Waals surface area contributed by atoms with Gasteiger partial charge in [-0.3, -0.25) is 9.69 Å². The molecular formula is C16H18N6OS. The fourth-order valence-electron chi connectivity index (χ4n) is 3.14. The maximum atomic E-state index is 12.1. The molecule has 0 unspecified atom stereocenters. The minimum Gasteiger partial charge on any atom is -0.312 e. The molecule has 7 nitrogen and oxygen atoms in total. The Bertz CT molecular complexity index is 822. The Hall–Kier alpha value is -2.32. The van der Waals surface area contributed by atoms with E-state index in [4.69, 9.17) is 0 Å². The number of nitrogens with one attached hydrogen (secondary N) is 1. The van der Waals surface area contributed by atoms with Gasteiger partial charge in [0.05, 0.1) is 12.9 Å². The third-order valence-electron chi connectivity index (χ3n) is 4.33. The number of carbonyl (C=O) groups is 1. The van der Waals surface area contributed by atoms with Crippen LogP contribution in [0.15, 0.2) is 36.2 Å². The van der Waals surface area contributed by atoms with E-state index in [0.717, 1.165) is 37.1 Å². The van der Waals surface area contributed by atoms with Crippen LogP contribution >= 0.6 is 11.3 Å². The molecule has 1 saturated heterocycles. The maximum Gasteiger partial charge on any atom is 0.240 e. The lowest BCUT2D eigenvalue weighted by atomic mass is 10.0. The summed E-state index contributed by atoms with van der Waals surface area (Å²) in [6, 6.07) is 4.28. The summed E-state index contributed by atoms with van der Waals surface area (Å²) in [5.41, 5.74) is 1.88. The van der Waals surface area contributed by atoms with Crippen molar-refractivity contribution in [3.05, 3.63) is 36.2 Å². The van der Waals surface area contributed by atoms with Gasteiger partial charge in [-0.05, 0) is 25.0 Å². The monoisotopic (exact) mass is 342 g/mol. The largest absolute Gasteiger partial charge is 0.312 e. The Morgan fingerprint density at radius 2 is 2.12 bits per heavy atom. The molecule has 0 radical (unpaired) electrons. The van der Waals surface area contributed by atoms with Crippen molar-refractivity contribution >= 4 is 33.5 Å². The fraction of sp³-hybridized carbons (Fsp3) is 0.375. The second-order valence-electron chi connectivity index (χ2n) is 5.89. The molecule has 1 amide bonds. The second kappa shape index (κ2) is 6.66. The number of anilines is 1. The lowest BCUT2D eigenvalue weighted by Gasteiger charge is -2.32. The average molecular weight is 342 g/mol. The Morgan fingerprint density at radius 1 is 1.25 bits per heavy atom. The Balaban J connectivity index is 1.34. The summed E-state index contributed by atoms with van der Waals surface area (Å²) in [6.45, 7) is 2.19. The van der Waals surface area contributed by atoms with Gasteiger partial charge in [-0.25, -0.2) is 15.0 Å². The minimum absolute atomic E-state index is 0.00172. The van der Waals surface area contributed by atoms with E-state index < -0.39 is 0 Å². The zero-order chi connectivity index (χ0) is 16.4. The van der Waals surface area contributed by atoms with E-state index in [0.29, 0.717) is 17.7 Å². The van der Waals surface area contributed by atoms with Gasteiger partial charge in [0.25, 0.3) is 0 Å². The lowest BCUT2D eigenvalue weighted by molar-refractivity contribution is -0.117. The van der Waals surface area contributed by atoms with Crippen LogP contribution < -0.4 is 5.32 Å². The molecule has 1 N–H and O–H groups in total. The van der Waals surface area contributed by atoms with E-state index in [1.165, 1.54) is 11.3 Å². The van der Waals surface area contributed by atoms with Gasteiger partial charge in [-0.2, -0.15) is 0 Å². The van der Waals surface area contributed by atoms with Gasteiger partial charge in [0.15, 0.2) is 10.8 Å². The normalized spacial score (nSPS) is 16.5. The number of hydrogen-bond donors (Lipinski definition) is 1. The van der Waals surface area contributed by atoms with Crippen LogP contribution in [0.4, 0.5) is 5.13 Å². The molecule has 0 atom stereocenters. The molecule has 4 rings (SSSR count). The molecule has 0 saturated carbocycles. The number of aromatic nitrogens is 4. The first-order valence-electron chi connectivity index (χ1n) is 7.99. The molecule has 0 aliphatic carbocycles. The molecule has 124 valence electrons. The second-order valence-corrected chi connectivity index (χ2v) is 6.79. The van der Waals surface area contributed by atoms with Crippen molar-refractivity contribution in [2.45, 2.75) is 18.9 Å². The Morgan fingerprint density at radius 3 is 2.92 bits per heavy atom. The maximum absolute atomic E-state index is 12.1. The summed E-state index contributed by atoms with van der Waals surface area (Å²) in [5, 5.41) is 5.34. The highest BCUT2D eigenvalue weighted by molar-refractivity contribution is 7.13. The van der Waals surface area contributed by atoms with Gasteiger partial charge in [-0.1, -0.05) is 0 Å². The third-order valence-corrected chi connectivity index (χ3v) is 5.02. The Labute approximate surface area is 143 Å². The van der Waals surface area contributed by atoms with E-state index in [1.54, 1.807) is 12.4 Å². The van der Waals surface area contributed by atoms with Crippen molar-refractivity contribution in [2.24, 2.45) is 0 Å². The first-order valence-corrected chi connectivity index (χ1v) is 8.87. The number of hydrogen-bond acceptors (Lipinski definition) is 6. The number of thiazole rings is 1. The number of imidazole rings is 1. The number of likely N-dealkylation sites (tertiary alicyclic amines) is 1. The van der Waals surface area contributed by atoms with Crippen molar-refractivity contribution < 1.29 is 4.79 Å². The number of nitrogens with zero attached hydrogens (tertiary/aromatic N) is 5. The number of rotatable bonds is 4. The van der Waals surface area contributed by atoms with Crippen LogP contribution in [0.25, 0.3) is 11.2 Å². The van der Waals surface area contributed by atoms with Crippen molar-refractivity contribution in [1.82, 2.24) is 24.4 Å². The summed E-state index contributed by atoms with van der Waals surface area (Å²) >= 11 is 1.43. The summed E-state index contributed by atoms with van der Waals surface area (Å²) in [5.74, 6) is -0.00172. The van der Waals surface area contributed by atoms with Crippen LogP contribution in [-0.2, 0) is 4.79 Å². The smallest absolute Gasteiger partial charge is 0.240 e. The molecule has 8 heteroatoms. The highest BCUT2D eigenvalue weighted by Gasteiger charge is 2.23. The van der Waals surface area contributed by atoms with Gasteiger partial charge in [0.1, 0.15) is 5.52 Å². The van der Waals surface area contributed by atoms with Gasteiger partial charge in [0, 0.05) is 36.9 Å². The van der Waals surface area contributed by atoms with Crippen LogP contribution in [-0.4, -0.2) is 50.0 Å². The SMILES string of the molecule is O=C(CN1CCC(n2cnc3cccnc32)CC1)Nc1nccs1. The zero-order valence-corrected chi connectivity index (χ0v) is 13.9. The first kappa shape index (κ1) is 15.2. The predicted octanol–water partition coefficient (Wildman–Crippen LogP) is 2.16. The summed E-state index contributed by atoms with van der Waals surface area (Å²) in [4.78, 5) is 27.2. The van der Waals surface area contributed by atoms with Crippen molar-refractivity contribution in [2.75, 3.05) is 25.0 Å². The lowest BCUT2D eigenvalue weighted by Crippen LogP contribution is -2.39. The molecule has 0 bridgehead atoms. The van der Waals surface area contributed by atoms with Gasteiger partial charge >= 0.3 is 0 Å². The van der Waals surface area contributed by atoms with Crippen LogP contribution in [0.1, 0.15) is 18.9 Å². The molecule has 3 aromatic rings. The number of amides is 1. The van der Waals surface area contributed by atoms with Crippen LogP contribution in [0.5, 0.6) is 0 Å². The molecule has 3 aromatic heterocycles. The zero-order valence-electron chi connectivity index (χ0n) is 13.1. The van der Waals surface area contributed by atoms with Gasteiger partial charge in [-0.15, -0.1) is 11.3 Å². The fourth-order valence-corrected chi connectivity index (χ4v) is 3.68. The highest BCUT2D eigenvalue weighted by atomic mass is 32.1. The molecule has 1 fully saturated rings. The number of pyridine rings is 1. The molecule has 1 aliphatic rings. The summed E-state index contributed by atoms with van der Waals surface area (Å²) in [7, 11) is 0. The van der Waals surface area contributed by atoms with E-state index in [9.17, 15) is 4.79 Å². The average Bonchev–Trinajstić information content (AvgIpc) is 3.25. The van der Waals surface area contributed by atoms with E-state index in [1.807, 2.05) is 23.8 Å². The van der Waals surface area contributed by atoms with Crippen LogP contribution in [0, 0.1) is 0 Å². The number of carbonyl (C=O) groups excluding carboxylic acids is 1. The minimum atomic E-state index is -0.00172. The van der Waals surface area contributed by atoms with Crippen LogP contribution in [0.2, 0.25) is 0 Å². The topological polar surface area (TPSA) is 75.9 Å². The van der Waals surface area contributed by atoms with Crippen molar-refractivity contribution in [3.63, 3.8) is 0 Å².